The molecule has 1 aliphatic heterocycles. The van der Waals surface area contributed by atoms with E-state index in [-0.39, 0.29) is 43.1 Å². The summed E-state index contributed by atoms with van der Waals surface area (Å²) in [6, 6.07) is 18.6. The number of para-hydroxylation sites is 1. The summed E-state index contributed by atoms with van der Waals surface area (Å²) < 4.78 is 5.90. The molecule has 3 atom stereocenters. The molecule has 272 valence electrons. The van der Waals surface area contributed by atoms with Gasteiger partial charge in [0.2, 0.25) is 23.6 Å². The van der Waals surface area contributed by atoms with Crippen LogP contribution in [-0.4, -0.2) is 98.0 Å². The Morgan fingerprint density at radius 1 is 0.824 bits per heavy atom. The lowest BCUT2D eigenvalue weighted by Crippen LogP contribution is -2.56. The zero-order chi connectivity index (χ0) is 36.6. The second kappa shape index (κ2) is 19.7. The van der Waals surface area contributed by atoms with E-state index < -0.39 is 54.1 Å². The van der Waals surface area contributed by atoms with Gasteiger partial charge in [-0.3, -0.25) is 24.0 Å². The number of hydrogen-bond donors (Lipinski definition) is 6. The highest BCUT2D eigenvalue weighted by atomic mass is 16.5. The van der Waals surface area contributed by atoms with Crippen LogP contribution in [0.15, 0.2) is 78.9 Å². The number of carbonyl (C=O) groups excluding carboxylic acids is 5. The molecule has 5 amide bonds. The van der Waals surface area contributed by atoms with Crippen LogP contribution in [-0.2, 0) is 32.0 Å². The van der Waals surface area contributed by atoms with Gasteiger partial charge in [0.15, 0.2) is 0 Å². The van der Waals surface area contributed by atoms with Gasteiger partial charge in [-0.25, -0.2) is 0 Å². The number of rotatable bonds is 10. The van der Waals surface area contributed by atoms with Crippen LogP contribution in [0.2, 0.25) is 0 Å². The van der Waals surface area contributed by atoms with Crippen LogP contribution in [0.5, 0.6) is 11.5 Å². The molecule has 3 aromatic carbocycles. The van der Waals surface area contributed by atoms with Gasteiger partial charge in [-0.2, -0.15) is 0 Å². The molecule has 0 radical (unpaired) electrons. The number of phenolic OH excluding ortho intramolecular Hbond substituents is 1. The molecule has 4 rings (SSSR count). The molecule has 1 aliphatic rings. The standard InChI is InChI=1S/C38H48N6O7/c1-44(2)21-9-8-19-39-37(49)32-25-34(46)41-31(24-27-15-17-28(45)18-16-27)38(50)43-30(23-26-11-4-3-5-12-26)36(48)40-20-10-22-51-33-14-7-6-13-29(33)35(47)42-32/h3-7,11-18,30-32,45H,8-10,19-25H2,1-2H3,(H,39,49)(H,40,48)(H,41,46)(H,42,47)(H,43,50)/t30-,31-,32-/m0/s1. The summed E-state index contributed by atoms with van der Waals surface area (Å²) in [5.74, 6) is -2.52. The zero-order valence-corrected chi connectivity index (χ0v) is 29.2. The number of amides is 5. The van der Waals surface area contributed by atoms with E-state index in [0.717, 1.165) is 18.5 Å². The molecule has 13 heteroatoms. The van der Waals surface area contributed by atoms with E-state index in [9.17, 15) is 29.1 Å². The van der Waals surface area contributed by atoms with Crippen molar-refractivity contribution in [1.29, 1.82) is 0 Å². The van der Waals surface area contributed by atoms with Gasteiger partial charge in [-0.1, -0.05) is 54.6 Å². The number of aromatic hydroxyl groups is 1. The van der Waals surface area contributed by atoms with E-state index in [1.807, 2.05) is 49.3 Å². The zero-order valence-electron chi connectivity index (χ0n) is 29.2. The first-order valence-electron chi connectivity index (χ1n) is 17.2. The van der Waals surface area contributed by atoms with Crippen LogP contribution >= 0.6 is 0 Å². The lowest BCUT2D eigenvalue weighted by atomic mass is 10.0. The largest absolute Gasteiger partial charge is 0.508 e. The molecule has 0 spiro atoms. The number of benzene rings is 3. The number of fused-ring (bicyclic) bond motifs is 1. The van der Waals surface area contributed by atoms with E-state index in [0.29, 0.717) is 24.9 Å². The Hall–Kier alpha value is -5.43. The molecule has 51 heavy (non-hydrogen) atoms. The van der Waals surface area contributed by atoms with Crippen molar-refractivity contribution >= 4 is 29.5 Å². The van der Waals surface area contributed by atoms with Gasteiger partial charge in [0, 0.05) is 25.9 Å². The van der Waals surface area contributed by atoms with Crippen molar-refractivity contribution in [3.05, 3.63) is 95.6 Å². The van der Waals surface area contributed by atoms with Crippen LogP contribution in [0.25, 0.3) is 0 Å². The molecule has 0 aliphatic carbocycles. The monoisotopic (exact) mass is 700 g/mol. The van der Waals surface area contributed by atoms with Crippen molar-refractivity contribution in [2.24, 2.45) is 0 Å². The number of ether oxygens (including phenoxy) is 1. The molecule has 13 nitrogen and oxygen atoms in total. The number of nitrogens with zero attached hydrogens (tertiary/aromatic N) is 1. The third-order valence-electron chi connectivity index (χ3n) is 8.30. The summed E-state index contributed by atoms with van der Waals surface area (Å²) in [4.78, 5) is 70.0. The van der Waals surface area contributed by atoms with Gasteiger partial charge in [0.25, 0.3) is 5.91 Å². The molecule has 0 aromatic heterocycles. The molecule has 0 saturated heterocycles. The Morgan fingerprint density at radius 3 is 2.22 bits per heavy atom. The predicted octanol–water partition coefficient (Wildman–Crippen LogP) is 1.69. The average molecular weight is 701 g/mol. The minimum atomic E-state index is -1.27. The number of carbonyl (C=O) groups is 5. The summed E-state index contributed by atoms with van der Waals surface area (Å²) in [5, 5.41) is 23.8. The number of hydrogen-bond acceptors (Lipinski definition) is 8. The molecule has 3 aromatic rings. The van der Waals surface area contributed by atoms with Crippen LogP contribution in [0, 0.1) is 0 Å². The van der Waals surface area contributed by atoms with Gasteiger partial charge >= 0.3 is 0 Å². The molecule has 1 heterocycles. The van der Waals surface area contributed by atoms with Crippen LogP contribution in [0.1, 0.15) is 47.2 Å². The number of phenols is 1. The normalized spacial score (nSPS) is 19.2. The van der Waals surface area contributed by atoms with Crippen molar-refractivity contribution in [3.8, 4) is 11.5 Å². The average Bonchev–Trinajstić information content (AvgIpc) is 3.11. The Bertz CT molecular complexity index is 1620. The second-order valence-electron chi connectivity index (χ2n) is 12.8. The fraction of sp³-hybridized carbons (Fsp3) is 0.395. The van der Waals surface area contributed by atoms with Crippen molar-refractivity contribution in [2.75, 3.05) is 40.3 Å². The lowest BCUT2D eigenvalue weighted by Gasteiger charge is -2.25. The smallest absolute Gasteiger partial charge is 0.255 e. The van der Waals surface area contributed by atoms with Crippen LogP contribution in [0.3, 0.4) is 0 Å². The maximum atomic E-state index is 13.9. The first-order chi connectivity index (χ1) is 24.6. The SMILES string of the molecule is CN(C)CCCCNC(=O)[C@@H]1CC(=O)N[C@@H](Cc2ccc(O)cc2)C(=O)N[C@@H](Cc2ccccc2)C(=O)NCCCOc2ccccc2C(=O)N1. The highest BCUT2D eigenvalue weighted by Crippen LogP contribution is 2.19. The van der Waals surface area contributed by atoms with Crippen molar-refractivity contribution < 1.29 is 33.8 Å². The highest BCUT2D eigenvalue weighted by Gasteiger charge is 2.30. The van der Waals surface area contributed by atoms with Gasteiger partial charge in [0.05, 0.1) is 18.6 Å². The Balaban J connectivity index is 1.62. The second-order valence-corrected chi connectivity index (χ2v) is 12.8. The summed E-state index contributed by atoms with van der Waals surface area (Å²) >= 11 is 0. The van der Waals surface area contributed by atoms with E-state index in [4.69, 9.17) is 4.74 Å². The molecule has 0 unspecified atom stereocenters. The third kappa shape index (κ3) is 12.8. The van der Waals surface area contributed by atoms with Gasteiger partial charge in [-0.05, 0) is 75.3 Å². The summed E-state index contributed by atoms with van der Waals surface area (Å²) in [5.41, 5.74) is 1.64. The van der Waals surface area contributed by atoms with E-state index in [1.54, 1.807) is 36.4 Å². The molecule has 0 bridgehead atoms. The maximum absolute atomic E-state index is 13.9. The third-order valence-corrected chi connectivity index (χ3v) is 8.30. The quantitative estimate of drug-likeness (QED) is 0.173. The maximum Gasteiger partial charge on any atom is 0.255 e. The predicted molar refractivity (Wildman–Crippen MR) is 192 cm³/mol. The highest BCUT2D eigenvalue weighted by molar-refractivity contribution is 6.01. The molecule has 0 fully saturated rings. The number of nitrogens with one attached hydrogen (secondary N) is 5. The van der Waals surface area contributed by atoms with E-state index >= 15 is 0 Å². The minimum Gasteiger partial charge on any atom is -0.508 e. The lowest BCUT2D eigenvalue weighted by molar-refractivity contribution is -0.133. The Kier molecular flexibility index (Phi) is 14.8. The van der Waals surface area contributed by atoms with Gasteiger partial charge in [0.1, 0.15) is 29.6 Å². The molecular weight excluding hydrogens is 652 g/mol. The van der Waals surface area contributed by atoms with Crippen molar-refractivity contribution in [3.63, 3.8) is 0 Å². The van der Waals surface area contributed by atoms with E-state index in [2.05, 4.69) is 26.6 Å². The number of unbranched alkanes of at least 4 members (excludes halogenated alkanes) is 1. The topological polar surface area (TPSA) is 178 Å². The summed E-state index contributed by atoms with van der Waals surface area (Å²) in [6.45, 7) is 1.60. The van der Waals surface area contributed by atoms with Gasteiger partial charge in [-0.15, -0.1) is 0 Å². The fourth-order valence-electron chi connectivity index (χ4n) is 5.55. The summed E-state index contributed by atoms with van der Waals surface area (Å²) in [7, 11) is 3.92. The fourth-order valence-corrected chi connectivity index (χ4v) is 5.55. The van der Waals surface area contributed by atoms with Crippen LogP contribution < -0.4 is 31.3 Å². The van der Waals surface area contributed by atoms with Crippen LogP contribution in [0.4, 0.5) is 0 Å². The molecule has 6 N–H and O–H groups in total. The van der Waals surface area contributed by atoms with Crippen molar-refractivity contribution in [2.45, 2.75) is 56.7 Å². The van der Waals surface area contributed by atoms with Gasteiger partial charge < -0.3 is 41.3 Å². The Labute approximate surface area is 298 Å². The molecular formula is C38H48N6O7. The first kappa shape index (κ1) is 38.4. The Morgan fingerprint density at radius 2 is 1.49 bits per heavy atom. The van der Waals surface area contributed by atoms with Crippen molar-refractivity contribution in [1.82, 2.24) is 31.5 Å². The first-order valence-corrected chi connectivity index (χ1v) is 17.2. The summed E-state index contributed by atoms with van der Waals surface area (Å²) in [6.07, 6.45) is 1.70. The minimum absolute atomic E-state index is 0.0251. The molecule has 0 saturated carbocycles. The van der Waals surface area contributed by atoms with E-state index in [1.165, 1.54) is 12.1 Å².